The molecule has 2 heterocycles. The number of aromatic nitrogens is 3. The van der Waals surface area contributed by atoms with Crippen molar-refractivity contribution in [2.24, 2.45) is 0 Å². The first-order valence-electron chi connectivity index (χ1n) is 14.7. The van der Waals surface area contributed by atoms with Crippen LogP contribution in [0.4, 0.5) is 0 Å². The molecule has 0 spiro atoms. The molecule has 0 aromatic carbocycles. The van der Waals surface area contributed by atoms with Crippen molar-refractivity contribution >= 4 is 0 Å². The van der Waals surface area contributed by atoms with Crippen LogP contribution < -0.4 is 4.74 Å². The van der Waals surface area contributed by atoms with Crippen LogP contribution in [-0.2, 0) is 6.42 Å². The molecule has 0 radical (unpaired) electrons. The Morgan fingerprint density at radius 3 is 1.63 bits per heavy atom. The largest absolute Gasteiger partial charge is 0.490 e. The minimum atomic E-state index is 0.743. The Morgan fingerprint density at radius 1 is 0.629 bits per heavy atom. The molecule has 0 aliphatic carbocycles. The molecule has 2 aromatic rings. The molecule has 0 bridgehead atoms. The first-order chi connectivity index (χ1) is 17.1. The zero-order valence-electron chi connectivity index (χ0n) is 23.6. The summed E-state index contributed by atoms with van der Waals surface area (Å²) in [5, 5.41) is 0. The number of rotatable bonds is 20. The Balaban J connectivity index is 1.76. The second kappa shape index (κ2) is 17.6. The highest BCUT2D eigenvalue weighted by Crippen LogP contribution is 2.26. The fraction of sp³-hybridized carbons (Fsp3) is 0.742. The lowest BCUT2D eigenvalue weighted by molar-refractivity contribution is 0.300. The van der Waals surface area contributed by atoms with E-state index >= 15 is 0 Å². The van der Waals surface area contributed by atoms with E-state index in [4.69, 9.17) is 14.7 Å². The highest BCUT2D eigenvalue weighted by Gasteiger charge is 2.16. The predicted molar refractivity (Wildman–Crippen MR) is 150 cm³/mol. The summed E-state index contributed by atoms with van der Waals surface area (Å²) in [6.07, 6.45) is 22.5. The van der Waals surface area contributed by atoms with Gasteiger partial charge in [0, 0.05) is 11.4 Å². The van der Waals surface area contributed by atoms with Gasteiger partial charge in [0.15, 0.2) is 5.75 Å². The second-order valence-electron chi connectivity index (χ2n) is 10.4. The van der Waals surface area contributed by atoms with Gasteiger partial charge in [-0.2, -0.15) is 0 Å². The maximum absolute atomic E-state index is 6.18. The van der Waals surface area contributed by atoms with Crippen molar-refractivity contribution in [3.05, 3.63) is 34.9 Å². The van der Waals surface area contributed by atoms with Gasteiger partial charge in [-0.25, -0.2) is 9.97 Å². The van der Waals surface area contributed by atoms with E-state index in [1.165, 1.54) is 101 Å². The maximum atomic E-state index is 6.18. The van der Waals surface area contributed by atoms with Gasteiger partial charge >= 0.3 is 0 Å². The van der Waals surface area contributed by atoms with Crippen LogP contribution in [0.25, 0.3) is 5.95 Å². The molecule has 4 nitrogen and oxygen atoms in total. The minimum absolute atomic E-state index is 0.743. The van der Waals surface area contributed by atoms with E-state index in [1.54, 1.807) is 0 Å². The summed E-state index contributed by atoms with van der Waals surface area (Å²) in [4.78, 5) is 9.82. The number of hydrogen-bond acceptors (Lipinski definition) is 3. The molecular formula is C31H53N3O. The molecule has 0 aliphatic heterocycles. The Morgan fingerprint density at radius 2 is 1.11 bits per heavy atom. The van der Waals surface area contributed by atoms with Crippen LogP contribution in [0.3, 0.4) is 0 Å². The maximum Gasteiger partial charge on any atom is 0.234 e. The number of ether oxygens (including phenoxy) is 1. The van der Waals surface area contributed by atoms with Crippen LogP contribution in [-0.4, -0.2) is 21.1 Å². The van der Waals surface area contributed by atoms with Gasteiger partial charge < -0.3 is 4.74 Å². The summed E-state index contributed by atoms with van der Waals surface area (Å²) in [5.74, 6) is 1.70. The monoisotopic (exact) mass is 483 g/mol. The zero-order valence-corrected chi connectivity index (χ0v) is 23.6. The van der Waals surface area contributed by atoms with Gasteiger partial charge in [0.05, 0.1) is 18.0 Å². The van der Waals surface area contributed by atoms with E-state index in [1.807, 2.05) is 0 Å². The molecule has 0 aliphatic rings. The highest BCUT2D eigenvalue weighted by atomic mass is 16.5. The van der Waals surface area contributed by atoms with Crippen LogP contribution in [0.1, 0.15) is 139 Å². The summed E-state index contributed by atoms with van der Waals surface area (Å²) in [5.41, 5.74) is 4.38. The fourth-order valence-electron chi connectivity index (χ4n) is 4.85. The van der Waals surface area contributed by atoms with Crippen LogP contribution in [0, 0.1) is 20.8 Å². The lowest BCUT2D eigenvalue weighted by atomic mass is 10.0. The number of aryl methyl sites for hydroxylation is 4. The standard InChI is InChI=1S/C31H53N3O/c1-6-8-10-11-12-13-14-15-16-17-18-19-20-21-22-29-30(35-25-9-7-2)28(5)32-31(33-29)34-26(3)23-24-27(34)4/h23-24H,6-22,25H2,1-5H3. The van der Waals surface area contributed by atoms with Crippen molar-refractivity contribution in [2.75, 3.05) is 6.61 Å². The summed E-state index contributed by atoms with van der Waals surface area (Å²) in [7, 11) is 0. The van der Waals surface area contributed by atoms with Gasteiger partial charge in [-0.1, -0.05) is 104 Å². The molecule has 2 aromatic heterocycles. The normalized spacial score (nSPS) is 11.3. The molecule has 0 amide bonds. The van der Waals surface area contributed by atoms with Crippen LogP contribution in [0.5, 0.6) is 5.75 Å². The van der Waals surface area contributed by atoms with E-state index in [9.17, 15) is 0 Å². The van der Waals surface area contributed by atoms with Gasteiger partial charge in [0.2, 0.25) is 5.95 Å². The first-order valence-corrected chi connectivity index (χ1v) is 14.7. The third kappa shape index (κ3) is 10.8. The predicted octanol–water partition coefficient (Wildman–Crippen LogP) is 9.40. The average molecular weight is 484 g/mol. The smallest absolute Gasteiger partial charge is 0.234 e. The van der Waals surface area contributed by atoms with Crippen LogP contribution in [0.2, 0.25) is 0 Å². The van der Waals surface area contributed by atoms with Crippen molar-refractivity contribution in [1.82, 2.24) is 14.5 Å². The lowest BCUT2D eigenvalue weighted by Crippen LogP contribution is -2.11. The molecule has 2 rings (SSSR count). The van der Waals surface area contributed by atoms with Crippen molar-refractivity contribution < 1.29 is 4.74 Å². The van der Waals surface area contributed by atoms with E-state index in [-0.39, 0.29) is 0 Å². The average Bonchev–Trinajstić information content (AvgIpc) is 3.18. The van der Waals surface area contributed by atoms with Crippen LogP contribution >= 0.6 is 0 Å². The number of unbranched alkanes of at least 4 members (excludes halogenated alkanes) is 14. The molecule has 4 heteroatoms. The quantitative estimate of drug-likeness (QED) is 0.176. The van der Waals surface area contributed by atoms with E-state index in [2.05, 4.69) is 51.3 Å². The minimum Gasteiger partial charge on any atom is -0.490 e. The molecule has 0 fully saturated rings. The molecular weight excluding hydrogens is 430 g/mol. The van der Waals surface area contributed by atoms with E-state index < -0.39 is 0 Å². The Bertz CT molecular complexity index is 807. The molecule has 35 heavy (non-hydrogen) atoms. The molecule has 0 atom stereocenters. The topological polar surface area (TPSA) is 39.9 Å². The summed E-state index contributed by atoms with van der Waals surface area (Å²) >= 11 is 0. The molecule has 0 saturated heterocycles. The molecule has 198 valence electrons. The summed E-state index contributed by atoms with van der Waals surface area (Å²) < 4.78 is 8.33. The third-order valence-electron chi connectivity index (χ3n) is 7.08. The van der Waals surface area contributed by atoms with E-state index in [0.717, 1.165) is 49.0 Å². The summed E-state index contributed by atoms with van der Waals surface area (Å²) in [6, 6.07) is 4.26. The number of nitrogens with zero attached hydrogens (tertiary/aromatic N) is 3. The van der Waals surface area contributed by atoms with Crippen molar-refractivity contribution in [3.63, 3.8) is 0 Å². The zero-order chi connectivity index (χ0) is 25.3. The Labute approximate surface area is 216 Å². The van der Waals surface area contributed by atoms with Crippen LogP contribution in [0.15, 0.2) is 12.1 Å². The van der Waals surface area contributed by atoms with Crippen molar-refractivity contribution in [2.45, 2.75) is 144 Å². The van der Waals surface area contributed by atoms with Crippen molar-refractivity contribution in [3.8, 4) is 11.7 Å². The van der Waals surface area contributed by atoms with Gasteiger partial charge in [0.1, 0.15) is 0 Å². The van der Waals surface area contributed by atoms with Crippen molar-refractivity contribution in [1.29, 1.82) is 0 Å². The SMILES string of the molecule is CCCCCCCCCCCCCCCCc1nc(-n2c(C)ccc2C)nc(C)c1OCCCC. The summed E-state index contributed by atoms with van der Waals surface area (Å²) in [6.45, 7) is 11.5. The van der Waals surface area contributed by atoms with Gasteiger partial charge in [0.25, 0.3) is 0 Å². The first kappa shape index (κ1) is 29.4. The molecule has 0 unspecified atom stereocenters. The Kier molecular flexibility index (Phi) is 14.8. The third-order valence-corrected chi connectivity index (χ3v) is 7.08. The van der Waals surface area contributed by atoms with Gasteiger partial charge in [-0.15, -0.1) is 0 Å². The molecule has 0 saturated carbocycles. The molecule has 0 N–H and O–H groups in total. The van der Waals surface area contributed by atoms with Gasteiger partial charge in [-0.05, 0) is 52.2 Å². The fourth-order valence-corrected chi connectivity index (χ4v) is 4.85. The lowest BCUT2D eigenvalue weighted by Gasteiger charge is -2.16. The Hall–Kier alpha value is -1.84. The second-order valence-corrected chi connectivity index (χ2v) is 10.4. The van der Waals surface area contributed by atoms with E-state index in [0.29, 0.717) is 0 Å². The highest BCUT2D eigenvalue weighted by molar-refractivity contribution is 5.37. The number of hydrogen-bond donors (Lipinski definition) is 0. The van der Waals surface area contributed by atoms with Gasteiger partial charge in [-0.3, -0.25) is 4.57 Å².